The van der Waals surface area contributed by atoms with Crippen LogP contribution in [0.1, 0.15) is 96.0 Å². The first kappa shape index (κ1) is 28.4. The highest BCUT2D eigenvalue weighted by Crippen LogP contribution is 2.21. The number of nitrogens with one attached hydrogen (secondary N) is 1. The van der Waals surface area contributed by atoms with Crippen LogP contribution in [-0.4, -0.2) is 25.2 Å². The Kier molecular flexibility index (Phi) is 20.9. The zero-order valence-corrected chi connectivity index (χ0v) is 19.9. The molecule has 1 unspecified atom stereocenters. The van der Waals surface area contributed by atoms with Gasteiger partial charge in [0.2, 0.25) is 0 Å². The van der Waals surface area contributed by atoms with Gasteiger partial charge in [-0.05, 0) is 64.1 Å². The molecule has 0 aromatic heterocycles. The van der Waals surface area contributed by atoms with Gasteiger partial charge in [-0.25, -0.2) is 0 Å². The highest BCUT2D eigenvalue weighted by atomic mass is 16.4. The van der Waals surface area contributed by atoms with Crippen LogP contribution in [-0.2, 0) is 11.2 Å². The van der Waals surface area contributed by atoms with Gasteiger partial charge in [0.15, 0.2) is 0 Å². The minimum absolute atomic E-state index is 0.287. The molecule has 1 rings (SSSR count). The van der Waals surface area contributed by atoms with Crippen LogP contribution in [0.15, 0.2) is 42.5 Å². The van der Waals surface area contributed by atoms with Crippen molar-refractivity contribution in [3.05, 3.63) is 48.0 Å². The molecule has 1 atom stereocenters. The van der Waals surface area contributed by atoms with E-state index in [9.17, 15) is 4.79 Å². The van der Waals surface area contributed by atoms with E-state index in [1.807, 2.05) is 20.2 Å². The van der Waals surface area contributed by atoms with Gasteiger partial charge < -0.3 is 10.4 Å². The van der Waals surface area contributed by atoms with Crippen LogP contribution in [0.4, 0.5) is 0 Å². The molecule has 2 N–H and O–H groups in total. The Hall–Kier alpha value is -1.61. The van der Waals surface area contributed by atoms with Crippen LogP contribution < -0.4 is 5.32 Å². The van der Waals surface area contributed by atoms with E-state index in [-0.39, 0.29) is 6.42 Å². The van der Waals surface area contributed by atoms with E-state index in [0.717, 1.165) is 25.7 Å². The van der Waals surface area contributed by atoms with Crippen molar-refractivity contribution in [2.24, 2.45) is 5.92 Å². The van der Waals surface area contributed by atoms with Crippen LogP contribution in [0.2, 0.25) is 0 Å². The Morgan fingerprint density at radius 2 is 1.47 bits per heavy atom. The smallest absolute Gasteiger partial charge is 0.303 e. The molecule has 0 aliphatic rings. The van der Waals surface area contributed by atoms with Crippen molar-refractivity contribution < 1.29 is 9.90 Å². The number of aliphatic carboxylic acids is 1. The molecule has 0 aliphatic carbocycles. The third-order valence-electron chi connectivity index (χ3n) is 5.26. The van der Waals surface area contributed by atoms with Gasteiger partial charge in [-0.3, -0.25) is 4.79 Å². The number of unbranched alkanes of at least 4 members (excludes halogenated alkanes) is 8. The third kappa shape index (κ3) is 19.7. The molecule has 0 amide bonds. The number of carboxylic acids is 1. The molecule has 30 heavy (non-hydrogen) atoms. The lowest BCUT2D eigenvalue weighted by Crippen LogP contribution is -2.08. The van der Waals surface area contributed by atoms with Crippen molar-refractivity contribution in [1.29, 1.82) is 0 Å². The van der Waals surface area contributed by atoms with E-state index in [1.165, 1.54) is 63.4 Å². The number of carboxylic acid groups (broad SMARTS) is 1. The maximum absolute atomic E-state index is 10.9. The van der Waals surface area contributed by atoms with Crippen molar-refractivity contribution >= 4 is 5.97 Å². The zero-order chi connectivity index (χ0) is 22.3. The minimum atomic E-state index is -0.675. The summed E-state index contributed by atoms with van der Waals surface area (Å²) in [6.45, 7) is 2.26. The number of benzene rings is 1. The fraction of sp³-hybridized carbons (Fsp3) is 0.667. The predicted molar refractivity (Wildman–Crippen MR) is 131 cm³/mol. The Balaban J connectivity index is 0.00000263. The third-order valence-corrected chi connectivity index (χ3v) is 5.26. The molecule has 1 aromatic rings. The van der Waals surface area contributed by atoms with Crippen molar-refractivity contribution in [1.82, 2.24) is 5.32 Å². The number of hydrogen-bond donors (Lipinski definition) is 2. The number of allylic oxidation sites excluding steroid dienone is 2. The molecule has 1 aromatic carbocycles. The first-order valence-corrected chi connectivity index (χ1v) is 12.1. The average molecular weight is 418 g/mol. The molecule has 0 bridgehead atoms. The maximum atomic E-state index is 10.9. The first-order valence-electron chi connectivity index (χ1n) is 12.1. The van der Waals surface area contributed by atoms with Crippen molar-refractivity contribution in [2.45, 2.75) is 96.8 Å². The van der Waals surface area contributed by atoms with Gasteiger partial charge in [-0.15, -0.1) is 0 Å². The summed E-state index contributed by atoms with van der Waals surface area (Å²) in [5.74, 6) is -0.193. The number of hydrogen-bond acceptors (Lipinski definition) is 2. The first-order chi connectivity index (χ1) is 14.6. The van der Waals surface area contributed by atoms with Gasteiger partial charge in [0.1, 0.15) is 0 Å². The maximum Gasteiger partial charge on any atom is 0.303 e. The summed E-state index contributed by atoms with van der Waals surface area (Å²) in [5.41, 5.74) is 1.33. The highest BCUT2D eigenvalue weighted by molar-refractivity contribution is 5.66. The van der Waals surface area contributed by atoms with Crippen LogP contribution in [0.25, 0.3) is 0 Å². The van der Waals surface area contributed by atoms with Gasteiger partial charge in [-0.2, -0.15) is 0 Å². The van der Waals surface area contributed by atoms with Gasteiger partial charge in [0, 0.05) is 6.42 Å². The van der Waals surface area contributed by atoms with E-state index < -0.39 is 5.97 Å². The molecule has 0 radical (unpaired) electrons. The van der Waals surface area contributed by atoms with Gasteiger partial charge >= 0.3 is 5.97 Å². The highest BCUT2D eigenvalue weighted by Gasteiger charge is 2.11. The van der Waals surface area contributed by atoms with E-state index in [0.29, 0.717) is 5.92 Å². The Morgan fingerprint density at radius 1 is 0.900 bits per heavy atom. The van der Waals surface area contributed by atoms with Crippen LogP contribution in [0, 0.1) is 5.92 Å². The molecular weight excluding hydrogens is 370 g/mol. The average Bonchev–Trinajstić information content (AvgIpc) is 2.74. The topological polar surface area (TPSA) is 49.3 Å². The summed E-state index contributed by atoms with van der Waals surface area (Å²) in [6.07, 6.45) is 20.9. The minimum Gasteiger partial charge on any atom is -0.481 e. The molecular formula is C27H47NO2. The second-order valence-electron chi connectivity index (χ2n) is 8.30. The largest absolute Gasteiger partial charge is 0.481 e. The molecule has 0 saturated heterocycles. The fourth-order valence-electron chi connectivity index (χ4n) is 3.60. The molecule has 3 nitrogen and oxygen atoms in total. The van der Waals surface area contributed by atoms with Crippen LogP contribution in [0.3, 0.4) is 0 Å². The van der Waals surface area contributed by atoms with Crippen molar-refractivity contribution in [2.75, 3.05) is 14.1 Å². The number of rotatable bonds is 17. The summed E-state index contributed by atoms with van der Waals surface area (Å²) in [5, 5.41) is 11.7. The van der Waals surface area contributed by atoms with Gasteiger partial charge in [0.05, 0.1) is 0 Å². The van der Waals surface area contributed by atoms with E-state index >= 15 is 0 Å². The standard InChI is InChI=1S/C25H40O2.C2H7N/c1-2-3-4-5-6-7-8-9-10-11-12-14-19-24(20-21-25(26)27)22-23-17-15-13-16-18-23;1-3-2/h9-10,13,15-18,24H,2-8,11-12,14,19-22H2,1H3,(H,26,27);3H,1-2H3/b10-9-;. The SMILES string of the molecule is CCCCCCCC/C=C\CCCCC(CCC(=O)O)Cc1ccccc1.CNC. The lowest BCUT2D eigenvalue weighted by molar-refractivity contribution is -0.137. The quantitative estimate of drug-likeness (QED) is 0.205. The summed E-state index contributed by atoms with van der Waals surface area (Å²) >= 11 is 0. The number of carbonyl (C=O) groups is 1. The Morgan fingerprint density at radius 3 is 2.07 bits per heavy atom. The summed E-state index contributed by atoms with van der Waals surface area (Å²) in [4.78, 5) is 10.9. The lowest BCUT2D eigenvalue weighted by Gasteiger charge is -2.16. The van der Waals surface area contributed by atoms with Crippen LogP contribution in [0.5, 0.6) is 0 Å². The zero-order valence-electron chi connectivity index (χ0n) is 19.9. The van der Waals surface area contributed by atoms with E-state index in [4.69, 9.17) is 5.11 Å². The van der Waals surface area contributed by atoms with E-state index in [1.54, 1.807) is 0 Å². The molecule has 3 heteroatoms. The fourth-order valence-corrected chi connectivity index (χ4v) is 3.60. The summed E-state index contributed by atoms with van der Waals surface area (Å²) < 4.78 is 0. The molecule has 0 heterocycles. The van der Waals surface area contributed by atoms with E-state index in [2.05, 4.69) is 48.7 Å². The molecule has 0 fully saturated rings. The normalized spacial score (nSPS) is 11.8. The Bertz CT molecular complexity index is 513. The Labute approximate surface area is 186 Å². The second-order valence-corrected chi connectivity index (χ2v) is 8.30. The predicted octanol–water partition coefficient (Wildman–Crippen LogP) is 7.41. The molecule has 0 aliphatic heterocycles. The van der Waals surface area contributed by atoms with Crippen molar-refractivity contribution in [3.8, 4) is 0 Å². The molecule has 0 saturated carbocycles. The summed E-state index contributed by atoms with van der Waals surface area (Å²) in [6, 6.07) is 10.5. The second kappa shape index (κ2) is 22.1. The molecule has 0 spiro atoms. The van der Waals surface area contributed by atoms with Crippen LogP contribution >= 0.6 is 0 Å². The summed E-state index contributed by atoms with van der Waals surface area (Å²) in [7, 11) is 3.75. The monoisotopic (exact) mass is 417 g/mol. The van der Waals surface area contributed by atoms with Crippen molar-refractivity contribution in [3.63, 3.8) is 0 Å². The lowest BCUT2D eigenvalue weighted by atomic mass is 9.90. The van der Waals surface area contributed by atoms with Gasteiger partial charge in [0.25, 0.3) is 0 Å². The van der Waals surface area contributed by atoms with Gasteiger partial charge in [-0.1, -0.05) is 94.4 Å². The molecule has 172 valence electrons.